The van der Waals surface area contributed by atoms with E-state index in [1.54, 1.807) is 13.8 Å². The first-order valence-electron chi connectivity index (χ1n) is 4.50. The average Bonchev–Trinajstić information content (AvgIpc) is 2.17. The molecule has 0 radical (unpaired) electrons. The minimum atomic E-state index is -0.923. The van der Waals surface area contributed by atoms with Gasteiger partial charge in [0.25, 0.3) is 0 Å². The fourth-order valence-corrected chi connectivity index (χ4v) is 1.30. The average molecular weight is 196 g/mol. The summed E-state index contributed by atoms with van der Waals surface area (Å²) < 4.78 is 12.6. The molecule has 2 nitrogen and oxygen atoms in total. The van der Waals surface area contributed by atoms with Crippen molar-refractivity contribution < 1.29 is 14.3 Å². The molecular weight excluding hydrogens is 183 g/mol. The Bertz CT molecular complexity index is 332. The largest absolute Gasteiger partial charge is 0.481 e. The number of carboxylic acid groups (broad SMARTS) is 1. The molecule has 0 aliphatic heterocycles. The molecule has 3 heteroatoms. The molecule has 0 amide bonds. The fourth-order valence-electron chi connectivity index (χ4n) is 1.30. The zero-order chi connectivity index (χ0) is 10.8. The van der Waals surface area contributed by atoms with Gasteiger partial charge in [0, 0.05) is 0 Å². The molecule has 0 fully saturated rings. The van der Waals surface area contributed by atoms with Crippen LogP contribution < -0.4 is 0 Å². The molecule has 0 aromatic heterocycles. The van der Waals surface area contributed by atoms with Crippen LogP contribution in [0.5, 0.6) is 0 Å². The van der Waals surface area contributed by atoms with Gasteiger partial charge in [0.1, 0.15) is 5.82 Å². The van der Waals surface area contributed by atoms with E-state index in [1.807, 2.05) is 0 Å². The van der Waals surface area contributed by atoms with Gasteiger partial charge in [-0.2, -0.15) is 0 Å². The smallest absolute Gasteiger partial charge is 0.313 e. The lowest BCUT2D eigenvalue weighted by molar-refractivity contribution is -0.143. The molecule has 0 heterocycles. The summed E-state index contributed by atoms with van der Waals surface area (Å²) in [7, 11) is 0. The number of carbonyl (C=O) groups is 1. The molecule has 1 N–H and O–H groups in total. The maximum Gasteiger partial charge on any atom is 0.313 e. The monoisotopic (exact) mass is 196 g/mol. The molecule has 1 unspecified atom stereocenters. The van der Waals surface area contributed by atoms with E-state index in [0.29, 0.717) is 12.0 Å². The van der Waals surface area contributed by atoms with Crippen LogP contribution in [0.15, 0.2) is 24.3 Å². The second kappa shape index (κ2) is 3.78. The first-order valence-corrected chi connectivity index (χ1v) is 4.50. The van der Waals surface area contributed by atoms with Crippen LogP contribution in [0.4, 0.5) is 4.39 Å². The number of hydrogen-bond acceptors (Lipinski definition) is 1. The Morgan fingerprint density at radius 2 is 1.93 bits per heavy atom. The van der Waals surface area contributed by atoms with Gasteiger partial charge in [0.2, 0.25) is 0 Å². The van der Waals surface area contributed by atoms with E-state index in [2.05, 4.69) is 0 Å². The van der Waals surface area contributed by atoms with Crippen molar-refractivity contribution in [1.82, 2.24) is 0 Å². The highest BCUT2D eigenvalue weighted by atomic mass is 19.1. The Hall–Kier alpha value is -1.38. The lowest BCUT2D eigenvalue weighted by Crippen LogP contribution is -2.31. The number of aliphatic carboxylic acids is 1. The van der Waals surface area contributed by atoms with Gasteiger partial charge < -0.3 is 5.11 Å². The summed E-state index contributed by atoms with van der Waals surface area (Å²) in [4.78, 5) is 11.0. The lowest BCUT2D eigenvalue weighted by Gasteiger charge is -2.23. The number of hydrogen-bond donors (Lipinski definition) is 1. The molecule has 0 bridgehead atoms. The number of benzene rings is 1. The quantitative estimate of drug-likeness (QED) is 0.806. The van der Waals surface area contributed by atoms with E-state index in [-0.39, 0.29) is 5.82 Å². The molecule has 1 aromatic carbocycles. The van der Waals surface area contributed by atoms with E-state index < -0.39 is 11.4 Å². The van der Waals surface area contributed by atoms with E-state index in [0.717, 1.165) is 0 Å². The van der Waals surface area contributed by atoms with Crippen LogP contribution in [0.2, 0.25) is 0 Å². The second-order valence-electron chi connectivity index (χ2n) is 3.50. The van der Waals surface area contributed by atoms with Crippen LogP contribution >= 0.6 is 0 Å². The zero-order valence-corrected chi connectivity index (χ0v) is 8.25. The predicted octanol–water partition coefficient (Wildman–Crippen LogP) is 2.58. The fraction of sp³-hybridized carbons (Fsp3) is 0.364. The van der Waals surface area contributed by atoms with Crippen LogP contribution in [0, 0.1) is 5.82 Å². The molecule has 1 rings (SSSR count). The number of rotatable bonds is 3. The topological polar surface area (TPSA) is 37.3 Å². The third kappa shape index (κ3) is 1.76. The first kappa shape index (κ1) is 10.7. The molecule has 0 saturated carbocycles. The zero-order valence-electron chi connectivity index (χ0n) is 8.25. The normalized spacial score (nSPS) is 14.8. The van der Waals surface area contributed by atoms with Crippen molar-refractivity contribution in [3.05, 3.63) is 35.6 Å². The van der Waals surface area contributed by atoms with E-state index in [9.17, 15) is 9.18 Å². The van der Waals surface area contributed by atoms with Gasteiger partial charge >= 0.3 is 5.97 Å². The van der Waals surface area contributed by atoms with Crippen molar-refractivity contribution in [1.29, 1.82) is 0 Å². The molecule has 0 aliphatic rings. The Morgan fingerprint density at radius 1 is 1.43 bits per heavy atom. The summed E-state index contributed by atoms with van der Waals surface area (Å²) in [5.41, 5.74) is -0.290. The molecule has 0 saturated heterocycles. The Labute approximate surface area is 82.4 Å². The van der Waals surface area contributed by atoms with Crippen molar-refractivity contribution in [3.63, 3.8) is 0 Å². The predicted molar refractivity (Wildman–Crippen MR) is 51.7 cm³/mol. The standard InChI is InChI=1S/C11H13FO2/c1-3-11(2,10(13)14)8-4-6-9(12)7-5-8/h4-7H,3H2,1-2H3,(H,13,14). The van der Waals surface area contributed by atoms with Gasteiger partial charge in [-0.1, -0.05) is 19.1 Å². The highest BCUT2D eigenvalue weighted by Gasteiger charge is 2.32. The molecule has 1 aromatic rings. The minimum Gasteiger partial charge on any atom is -0.481 e. The molecule has 0 aliphatic carbocycles. The second-order valence-corrected chi connectivity index (χ2v) is 3.50. The Kier molecular flexibility index (Phi) is 2.89. The van der Waals surface area contributed by atoms with Crippen LogP contribution in [0.3, 0.4) is 0 Å². The SMILES string of the molecule is CCC(C)(C(=O)O)c1ccc(F)cc1. The van der Waals surface area contributed by atoms with Crippen LogP contribution in [0.1, 0.15) is 25.8 Å². The van der Waals surface area contributed by atoms with Crippen molar-refractivity contribution in [2.45, 2.75) is 25.7 Å². The van der Waals surface area contributed by atoms with E-state index in [4.69, 9.17) is 5.11 Å². The van der Waals surface area contributed by atoms with Gasteiger partial charge in [-0.25, -0.2) is 4.39 Å². The molecule has 1 atom stereocenters. The van der Waals surface area contributed by atoms with Crippen molar-refractivity contribution in [2.24, 2.45) is 0 Å². The van der Waals surface area contributed by atoms with Crippen molar-refractivity contribution in [3.8, 4) is 0 Å². The molecule has 76 valence electrons. The van der Waals surface area contributed by atoms with Gasteiger partial charge in [0.05, 0.1) is 5.41 Å². The Balaban J connectivity index is 3.13. The maximum atomic E-state index is 12.6. The minimum absolute atomic E-state index is 0.349. The van der Waals surface area contributed by atoms with Gasteiger partial charge in [-0.05, 0) is 31.0 Å². The maximum absolute atomic E-state index is 12.6. The Morgan fingerprint density at radius 3 is 2.29 bits per heavy atom. The molecular formula is C11H13FO2. The number of halogens is 1. The van der Waals surface area contributed by atoms with Crippen LogP contribution in [-0.4, -0.2) is 11.1 Å². The van der Waals surface area contributed by atoms with Gasteiger partial charge in [-0.3, -0.25) is 4.79 Å². The third-order valence-corrected chi connectivity index (χ3v) is 2.66. The first-order chi connectivity index (χ1) is 6.50. The highest BCUT2D eigenvalue weighted by Crippen LogP contribution is 2.27. The number of carboxylic acids is 1. The van der Waals surface area contributed by atoms with Crippen LogP contribution in [-0.2, 0) is 10.2 Å². The van der Waals surface area contributed by atoms with Gasteiger partial charge in [-0.15, -0.1) is 0 Å². The van der Waals surface area contributed by atoms with Crippen LogP contribution in [0.25, 0.3) is 0 Å². The summed E-state index contributed by atoms with van der Waals surface area (Å²) >= 11 is 0. The lowest BCUT2D eigenvalue weighted by atomic mass is 9.80. The van der Waals surface area contributed by atoms with Crippen molar-refractivity contribution >= 4 is 5.97 Å². The van der Waals surface area contributed by atoms with Crippen molar-refractivity contribution in [2.75, 3.05) is 0 Å². The van der Waals surface area contributed by atoms with Gasteiger partial charge in [0.15, 0.2) is 0 Å². The summed E-state index contributed by atoms with van der Waals surface area (Å²) in [6.45, 7) is 3.44. The summed E-state index contributed by atoms with van der Waals surface area (Å²) in [5, 5.41) is 9.06. The summed E-state index contributed by atoms with van der Waals surface area (Å²) in [6, 6.07) is 5.61. The highest BCUT2D eigenvalue weighted by molar-refractivity contribution is 5.80. The molecule has 0 spiro atoms. The van der Waals surface area contributed by atoms with E-state index >= 15 is 0 Å². The van der Waals surface area contributed by atoms with E-state index in [1.165, 1.54) is 24.3 Å². The summed E-state index contributed by atoms with van der Waals surface area (Å²) in [5.74, 6) is -1.23. The summed E-state index contributed by atoms with van der Waals surface area (Å²) in [6.07, 6.45) is 0.480. The molecule has 14 heavy (non-hydrogen) atoms. The third-order valence-electron chi connectivity index (χ3n) is 2.66.